The van der Waals surface area contributed by atoms with Crippen LogP contribution in [0.3, 0.4) is 0 Å². The standard InChI is InChI=1S/C25H27ClFN3O3/c1-32-25(31)22-23(19-4-6-20(26)7-5-19)29-33-24(22)28-16-18-11-14-30(15-12-18)13-10-17-2-8-21(27)9-3-17/h2-9,18,28H,10-16H2,1H3. The topological polar surface area (TPSA) is 67.6 Å². The summed E-state index contributed by atoms with van der Waals surface area (Å²) in [6, 6.07) is 13.8. The lowest BCUT2D eigenvalue weighted by molar-refractivity contribution is 0.0602. The van der Waals surface area contributed by atoms with Crippen LogP contribution in [0.2, 0.25) is 5.02 Å². The number of hydrogen-bond donors (Lipinski definition) is 1. The number of carbonyl (C=O) groups is 1. The quantitative estimate of drug-likeness (QED) is 0.450. The van der Waals surface area contributed by atoms with Gasteiger partial charge in [-0.05, 0) is 68.1 Å². The van der Waals surface area contributed by atoms with Crippen molar-refractivity contribution in [2.75, 3.05) is 38.6 Å². The average Bonchev–Trinajstić information content (AvgIpc) is 3.27. The summed E-state index contributed by atoms with van der Waals surface area (Å²) in [6.07, 6.45) is 3.00. The molecule has 0 atom stereocenters. The minimum atomic E-state index is -0.501. The van der Waals surface area contributed by atoms with Crippen molar-refractivity contribution in [1.29, 1.82) is 0 Å². The summed E-state index contributed by atoms with van der Waals surface area (Å²) in [5.74, 6) is 0.0842. The molecule has 0 saturated carbocycles. The number of likely N-dealkylation sites (tertiary alicyclic amines) is 1. The highest BCUT2D eigenvalue weighted by Gasteiger charge is 2.26. The van der Waals surface area contributed by atoms with Crippen LogP contribution < -0.4 is 5.32 Å². The fraction of sp³-hybridized carbons (Fsp3) is 0.360. The summed E-state index contributed by atoms with van der Waals surface area (Å²) in [6.45, 7) is 3.66. The van der Waals surface area contributed by atoms with Gasteiger partial charge in [0.2, 0.25) is 5.88 Å². The van der Waals surface area contributed by atoms with E-state index in [0.29, 0.717) is 29.1 Å². The van der Waals surface area contributed by atoms with Crippen molar-refractivity contribution in [3.8, 4) is 11.3 Å². The molecule has 8 heteroatoms. The van der Waals surface area contributed by atoms with Crippen LogP contribution in [-0.2, 0) is 11.2 Å². The Balaban J connectivity index is 1.31. The Labute approximate surface area is 197 Å². The second kappa shape index (κ2) is 10.8. The zero-order valence-corrected chi connectivity index (χ0v) is 19.3. The molecule has 2 aromatic carbocycles. The largest absolute Gasteiger partial charge is 0.465 e. The zero-order valence-electron chi connectivity index (χ0n) is 18.5. The van der Waals surface area contributed by atoms with Gasteiger partial charge in [-0.1, -0.05) is 41.0 Å². The first kappa shape index (κ1) is 23.3. The van der Waals surface area contributed by atoms with Gasteiger partial charge in [0.15, 0.2) is 5.56 Å². The predicted octanol–water partition coefficient (Wildman–Crippen LogP) is 5.29. The fourth-order valence-corrected chi connectivity index (χ4v) is 4.22. The Morgan fingerprint density at radius 1 is 1.18 bits per heavy atom. The Bertz CT molecular complexity index is 1060. The lowest BCUT2D eigenvalue weighted by atomic mass is 9.96. The van der Waals surface area contributed by atoms with Crippen molar-refractivity contribution in [2.24, 2.45) is 5.92 Å². The molecule has 4 rings (SSSR count). The average molecular weight is 472 g/mol. The van der Waals surface area contributed by atoms with E-state index in [0.717, 1.165) is 50.0 Å². The van der Waals surface area contributed by atoms with Gasteiger partial charge < -0.3 is 19.5 Å². The summed E-state index contributed by atoms with van der Waals surface area (Å²) in [5, 5.41) is 7.98. The molecule has 1 aliphatic rings. The summed E-state index contributed by atoms with van der Waals surface area (Å²) >= 11 is 5.97. The minimum Gasteiger partial charge on any atom is -0.465 e. The highest BCUT2D eigenvalue weighted by molar-refractivity contribution is 6.30. The summed E-state index contributed by atoms with van der Waals surface area (Å²) in [7, 11) is 1.34. The maximum atomic E-state index is 13.1. The first-order valence-electron chi connectivity index (χ1n) is 11.1. The highest BCUT2D eigenvalue weighted by atomic mass is 35.5. The van der Waals surface area contributed by atoms with E-state index in [1.54, 1.807) is 24.3 Å². The second-order valence-electron chi connectivity index (χ2n) is 8.28. The van der Waals surface area contributed by atoms with Gasteiger partial charge in [0.1, 0.15) is 11.5 Å². The maximum absolute atomic E-state index is 13.1. The number of piperidine rings is 1. The number of rotatable bonds is 8. The molecule has 174 valence electrons. The van der Waals surface area contributed by atoms with Crippen molar-refractivity contribution >= 4 is 23.5 Å². The summed E-state index contributed by atoms with van der Waals surface area (Å²) < 4.78 is 23.5. The molecule has 1 saturated heterocycles. The number of halogens is 2. The van der Waals surface area contributed by atoms with Crippen LogP contribution in [0.15, 0.2) is 53.1 Å². The van der Waals surface area contributed by atoms with Crippen LogP contribution >= 0.6 is 11.6 Å². The first-order valence-corrected chi connectivity index (χ1v) is 11.5. The number of hydrogen-bond acceptors (Lipinski definition) is 6. The molecule has 1 aliphatic heterocycles. The molecule has 0 radical (unpaired) electrons. The second-order valence-corrected chi connectivity index (χ2v) is 8.71. The molecule has 0 unspecified atom stereocenters. The van der Waals surface area contributed by atoms with Gasteiger partial charge in [0, 0.05) is 23.7 Å². The number of esters is 1. The van der Waals surface area contributed by atoms with E-state index in [1.807, 2.05) is 12.1 Å². The number of carbonyl (C=O) groups excluding carboxylic acids is 1. The van der Waals surface area contributed by atoms with Gasteiger partial charge in [-0.2, -0.15) is 0 Å². The lowest BCUT2D eigenvalue weighted by Gasteiger charge is -2.32. The maximum Gasteiger partial charge on any atom is 0.345 e. The molecule has 3 aromatic rings. The Kier molecular flexibility index (Phi) is 7.62. The van der Waals surface area contributed by atoms with Gasteiger partial charge >= 0.3 is 5.97 Å². The first-order chi connectivity index (χ1) is 16.0. The SMILES string of the molecule is COC(=O)c1c(-c2ccc(Cl)cc2)noc1NCC1CCN(CCc2ccc(F)cc2)CC1. The number of nitrogens with one attached hydrogen (secondary N) is 1. The number of anilines is 1. The molecular weight excluding hydrogens is 445 g/mol. The molecular formula is C25H27ClFN3O3. The van der Waals surface area contributed by atoms with Crippen LogP contribution in [0.1, 0.15) is 28.8 Å². The smallest absolute Gasteiger partial charge is 0.345 e. The zero-order chi connectivity index (χ0) is 23.2. The van der Waals surface area contributed by atoms with E-state index >= 15 is 0 Å². The molecule has 33 heavy (non-hydrogen) atoms. The van der Waals surface area contributed by atoms with E-state index in [-0.39, 0.29) is 11.4 Å². The minimum absolute atomic E-state index is 0.200. The predicted molar refractivity (Wildman–Crippen MR) is 126 cm³/mol. The van der Waals surface area contributed by atoms with Crippen molar-refractivity contribution < 1.29 is 18.4 Å². The highest BCUT2D eigenvalue weighted by Crippen LogP contribution is 2.31. The molecule has 2 heterocycles. The van der Waals surface area contributed by atoms with Crippen molar-refractivity contribution in [3.05, 3.63) is 70.5 Å². The van der Waals surface area contributed by atoms with Crippen LogP contribution in [-0.4, -0.2) is 49.3 Å². The van der Waals surface area contributed by atoms with Gasteiger partial charge in [-0.15, -0.1) is 0 Å². The van der Waals surface area contributed by atoms with Gasteiger partial charge in [-0.3, -0.25) is 0 Å². The van der Waals surface area contributed by atoms with E-state index in [9.17, 15) is 9.18 Å². The Morgan fingerprint density at radius 2 is 1.88 bits per heavy atom. The normalized spacial score (nSPS) is 14.9. The molecule has 0 aliphatic carbocycles. The van der Waals surface area contributed by atoms with Crippen LogP contribution in [0.5, 0.6) is 0 Å². The third kappa shape index (κ3) is 5.92. The van der Waals surface area contributed by atoms with E-state index in [4.69, 9.17) is 20.9 Å². The van der Waals surface area contributed by atoms with Crippen molar-refractivity contribution in [1.82, 2.24) is 10.1 Å². The van der Waals surface area contributed by atoms with Crippen LogP contribution in [0, 0.1) is 11.7 Å². The van der Waals surface area contributed by atoms with E-state index in [1.165, 1.54) is 19.2 Å². The summed E-state index contributed by atoms with van der Waals surface area (Å²) in [5.41, 5.74) is 2.59. The van der Waals surface area contributed by atoms with Gasteiger partial charge in [0.05, 0.1) is 7.11 Å². The molecule has 1 aromatic heterocycles. The third-order valence-electron chi connectivity index (χ3n) is 6.09. The van der Waals surface area contributed by atoms with Crippen LogP contribution in [0.4, 0.5) is 10.3 Å². The van der Waals surface area contributed by atoms with E-state index < -0.39 is 5.97 Å². The number of ether oxygens (including phenoxy) is 1. The molecule has 0 amide bonds. The molecule has 0 spiro atoms. The lowest BCUT2D eigenvalue weighted by Crippen LogP contribution is -2.37. The molecule has 6 nitrogen and oxygen atoms in total. The van der Waals surface area contributed by atoms with Crippen molar-refractivity contribution in [3.63, 3.8) is 0 Å². The Hall–Kier alpha value is -2.90. The van der Waals surface area contributed by atoms with Crippen LogP contribution in [0.25, 0.3) is 11.3 Å². The van der Waals surface area contributed by atoms with Gasteiger partial charge in [0.25, 0.3) is 0 Å². The number of nitrogens with zero attached hydrogens (tertiary/aromatic N) is 2. The number of benzene rings is 2. The van der Waals surface area contributed by atoms with E-state index in [2.05, 4.69) is 15.4 Å². The number of aromatic nitrogens is 1. The van der Waals surface area contributed by atoms with Gasteiger partial charge in [-0.25, -0.2) is 9.18 Å². The monoisotopic (exact) mass is 471 g/mol. The molecule has 1 N–H and O–H groups in total. The Morgan fingerprint density at radius 3 is 2.55 bits per heavy atom. The van der Waals surface area contributed by atoms with Crippen molar-refractivity contribution in [2.45, 2.75) is 19.3 Å². The number of methoxy groups -OCH3 is 1. The molecule has 0 bridgehead atoms. The third-order valence-corrected chi connectivity index (χ3v) is 6.34. The summed E-state index contributed by atoms with van der Waals surface area (Å²) in [4.78, 5) is 14.9. The molecule has 1 fully saturated rings. The fourth-order valence-electron chi connectivity index (χ4n) is 4.10.